The third kappa shape index (κ3) is 3.29. The highest BCUT2D eigenvalue weighted by molar-refractivity contribution is 9.10. The van der Waals surface area contributed by atoms with E-state index in [9.17, 15) is 0 Å². The molecule has 2 aromatic heterocycles. The van der Waals surface area contributed by atoms with E-state index in [1.165, 1.54) is 0 Å². The van der Waals surface area contributed by atoms with Gasteiger partial charge >= 0.3 is 0 Å². The molecule has 0 aliphatic carbocycles. The normalized spacial score (nSPS) is 11.0. The lowest BCUT2D eigenvalue weighted by Crippen LogP contribution is -2.06. The molecule has 0 unspecified atom stereocenters. The SMILES string of the molecule is Cc1ccc(-c2nc(N)c(Br)c(CC(C)C)n2)nc1. The van der Waals surface area contributed by atoms with E-state index in [2.05, 4.69) is 44.7 Å². The Morgan fingerprint density at radius 3 is 2.58 bits per heavy atom. The molecule has 100 valence electrons. The lowest BCUT2D eigenvalue weighted by atomic mass is 10.1. The number of pyridine rings is 1. The van der Waals surface area contributed by atoms with Crippen molar-refractivity contribution in [3.05, 3.63) is 34.1 Å². The Hall–Kier alpha value is -1.49. The van der Waals surface area contributed by atoms with E-state index in [1.807, 2.05) is 19.1 Å². The average Bonchev–Trinajstić information content (AvgIpc) is 2.35. The number of anilines is 1. The molecule has 4 nitrogen and oxygen atoms in total. The molecule has 0 saturated heterocycles. The molecule has 0 aliphatic heterocycles. The van der Waals surface area contributed by atoms with Gasteiger partial charge in [0.05, 0.1) is 10.2 Å². The molecule has 19 heavy (non-hydrogen) atoms. The topological polar surface area (TPSA) is 64.7 Å². The maximum absolute atomic E-state index is 5.94. The van der Waals surface area contributed by atoms with Gasteiger partial charge in [-0.05, 0) is 46.8 Å². The third-order valence-corrected chi connectivity index (χ3v) is 3.55. The molecule has 0 spiro atoms. The summed E-state index contributed by atoms with van der Waals surface area (Å²) in [5, 5.41) is 0. The summed E-state index contributed by atoms with van der Waals surface area (Å²) in [7, 11) is 0. The first-order valence-electron chi connectivity index (χ1n) is 6.22. The minimum Gasteiger partial charge on any atom is -0.383 e. The van der Waals surface area contributed by atoms with Crippen LogP contribution in [0.25, 0.3) is 11.5 Å². The van der Waals surface area contributed by atoms with Crippen LogP contribution in [0.15, 0.2) is 22.8 Å². The van der Waals surface area contributed by atoms with Crippen molar-refractivity contribution in [3.63, 3.8) is 0 Å². The monoisotopic (exact) mass is 320 g/mol. The van der Waals surface area contributed by atoms with Crippen LogP contribution in [0.4, 0.5) is 5.82 Å². The van der Waals surface area contributed by atoms with Gasteiger partial charge in [-0.25, -0.2) is 9.97 Å². The van der Waals surface area contributed by atoms with E-state index < -0.39 is 0 Å². The number of hydrogen-bond donors (Lipinski definition) is 1. The summed E-state index contributed by atoms with van der Waals surface area (Å²) in [5.74, 6) is 1.55. The highest BCUT2D eigenvalue weighted by Crippen LogP contribution is 2.26. The second kappa shape index (κ2) is 5.65. The van der Waals surface area contributed by atoms with Gasteiger partial charge in [-0.3, -0.25) is 4.98 Å². The number of halogens is 1. The lowest BCUT2D eigenvalue weighted by Gasteiger charge is -2.10. The first-order chi connectivity index (χ1) is 8.97. The molecule has 0 saturated carbocycles. The fraction of sp³-hybridized carbons (Fsp3) is 0.357. The zero-order chi connectivity index (χ0) is 14.0. The molecule has 2 rings (SSSR count). The Labute approximate surface area is 121 Å². The molecular weight excluding hydrogens is 304 g/mol. The third-order valence-electron chi connectivity index (χ3n) is 2.69. The van der Waals surface area contributed by atoms with Gasteiger partial charge in [0.15, 0.2) is 5.82 Å². The van der Waals surface area contributed by atoms with Gasteiger partial charge in [0.2, 0.25) is 0 Å². The molecule has 2 aromatic rings. The van der Waals surface area contributed by atoms with Crippen LogP contribution in [-0.2, 0) is 6.42 Å². The molecule has 2 N–H and O–H groups in total. The average molecular weight is 321 g/mol. The molecule has 0 fully saturated rings. The van der Waals surface area contributed by atoms with E-state index in [1.54, 1.807) is 6.20 Å². The molecule has 5 heteroatoms. The van der Waals surface area contributed by atoms with Crippen LogP contribution in [-0.4, -0.2) is 15.0 Å². The van der Waals surface area contributed by atoms with Gasteiger partial charge in [-0.2, -0.15) is 0 Å². The molecule has 0 atom stereocenters. The number of aryl methyl sites for hydroxylation is 1. The van der Waals surface area contributed by atoms with Gasteiger partial charge in [-0.1, -0.05) is 19.9 Å². The largest absolute Gasteiger partial charge is 0.383 e. The van der Waals surface area contributed by atoms with Crippen LogP contribution in [0.3, 0.4) is 0 Å². The van der Waals surface area contributed by atoms with Gasteiger partial charge in [0.1, 0.15) is 11.5 Å². The summed E-state index contributed by atoms with van der Waals surface area (Å²) >= 11 is 3.46. The molecule has 0 aromatic carbocycles. The summed E-state index contributed by atoms with van der Waals surface area (Å²) in [6.45, 7) is 6.29. The molecule has 0 bridgehead atoms. The number of nitrogen functional groups attached to an aromatic ring is 1. The maximum Gasteiger partial charge on any atom is 0.180 e. The van der Waals surface area contributed by atoms with Crippen LogP contribution < -0.4 is 5.73 Å². The Morgan fingerprint density at radius 1 is 1.26 bits per heavy atom. The standard InChI is InChI=1S/C14H17BrN4/c1-8(2)6-11-12(15)13(16)19-14(18-11)10-5-4-9(3)7-17-10/h4-5,7-8H,6H2,1-3H3,(H2,16,18,19). The van der Waals surface area contributed by atoms with Crippen molar-refractivity contribution < 1.29 is 0 Å². The number of hydrogen-bond acceptors (Lipinski definition) is 4. The highest BCUT2D eigenvalue weighted by Gasteiger charge is 2.13. The summed E-state index contributed by atoms with van der Waals surface area (Å²) in [5.41, 5.74) is 8.72. The first-order valence-corrected chi connectivity index (χ1v) is 7.01. The van der Waals surface area contributed by atoms with Gasteiger partial charge < -0.3 is 5.73 Å². The van der Waals surface area contributed by atoms with Crippen molar-refractivity contribution >= 4 is 21.7 Å². The number of nitrogens with two attached hydrogens (primary N) is 1. The summed E-state index contributed by atoms with van der Waals surface area (Å²) < 4.78 is 0.789. The van der Waals surface area contributed by atoms with E-state index in [0.717, 1.165) is 27.8 Å². The highest BCUT2D eigenvalue weighted by atomic mass is 79.9. The zero-order valence-electron chi connectivity index (χ0n) is 11.3. The molecular formula is C14H17BrN4. The van der Waals surface area contributed by atoms with Gasteiger partial charge in [0, 0.05) is 6.20 Å². The van der Waals surface area contributed by atoms with E-state index in [0.29, 0.717) is 17.6 Å². The zero-order valence-corrected chi connectivity index (χ0v) is 12.9. The Morgan fingerprint density at radius 2 is 2.00 bits per heavy atom. The van der Waals surface area contributed by atoms with Crippen LogP contribution in [0.5, 0.6) is 0 Å². The number of nitrogens with zero attached hydrogens (tertiary/aromatic N) is 3. The van der Waals surface area contributed by atoms with Gasteiger partial charge in [0.25, 0.3) is 0 Å². The van der Waals surface area contributed by atoms with Crippen LogP contribution >= 0.6 is 15.9 Å². The van der Waals surface area contributed by atoms with E-state index >= 15 is 0 Å². The van der Waals surface area contributed by atoms with Crippen LogP contribution in [0.1, 0.15) is 25.1 Å². The number of aromatic nitrogens is 3. The molecule has 0 radical (unpaired) electrons. The van der Waals surface area contributed by atoms with Crippen molar-refractivity contribution in [2.24, 2.45) is 5.92 Å². The fourth-order valence-electron chi connectivity index (χ4n) is 1.75. The van der Waals surface area contributed by atoms with E-state index in [-0.39, 0.29) is 0 Å². The summed E-state index contributed by atoms with van der Waals surface area (Å²) in [4.78, 5) is 13.2. The lowest BCUT2D eigenvalue weighted by molar-refractivity contribution is 0.632. The van der Waals surface area contributed by atoms with Crippen molar-refractivity contribution in [3.8, 4) is 11.5 Å². The first kappa shape index (κ1) is 13.9. The molecule has 0 amide bonds. The van der Waals surface area contributed by atoms with Crippen molar-refractivity contribution in [2.45, 2.75) is 27.2 Å². The molecule has 2 heterocycles. The predicted octanol–water partition coefficient (Wildman–Crippen LogP) is 3.39. The second-order valence-corrected chi connectivity index (χ2v) is 5.80. The quantitative estimate of drug-likeness (QED) is 0.941. The van der Waals surface area contributed by atoms with Crippen LogP contribution in [0.2, 0.25) is 0 Å². The Bertz CT molecular complexity index is 579. The fourth-order valence-corrected chi connectivity index (χ4v) is 2.09. The smallest absolute Gasteiger partial charge is 0.180 e. The van der Waals surface area contributed by atoms with Crippen LogP contribution in [0, 0.1) is 12.8 Å². The summed E-state index contributed by atoms with van der Waals surface area (Å²) in [6.07, 6.45) is 2.66. The summed E-state index contributed by atoms with van der Waals surface area (Å²) in [6, 6.07) is 3.91. The minimum absolute atomic E-state index is 0.461. The minimum atomic E-state index is 0.461. The second-order valence-electron chi connectivity index (χ2n) is 5.01. The number of rotatable bonds is 3. The maximum atomic E-state index is 5.94. The Balaban J connectivity index is 2.46. The van der Waals surface area contributed by atoms with Crippen molar-refractivity contribution in [1.29, 1.82) is 0 Å². The Kier molecular flexibility index (Phi) is 4.14. The predicted molar refractivity (Wildman–Crippen MR) is 80.7 cm³/mol. The van der Waals surface area contributed by atoms with Crippen molar-refractivity contribution in [1.82, 2.24) is 15.0 Å². The van der Waals surface area contributed by atoms with E-state index in [4.69, 9.17) is 5.73 Å². The van der Waals surface area contributed by atoms with Crippen molar-refractivity contribution in [2.75, 3.05) is 5.73 Å². The van der Waals surface area contributed by atoms with Gasteiger partial charge in [-0.15, -0.1) is 0 Å². The molecule has 0 aliphatic rings.